The second kappa shape index (κ2) is 10.3. The zero-order chi connectivity index (χ0) is 22.4. The van der Waals surface area contributed by atoms with E-state index in [2.05, 4.69) is 10.0 Å². The number of carbonyl (C=O) groups is 1. The van der Waals surface area contributed by atoms with E-state index in [1.54, 1.807) is 12.1 Å². The minimum atomic E-state index is -3.93. The fraction of sp³-hybridized carbons (Fsp3) is 0.174. The van der Waals surface area contributed by atoms with Gasteiger partial charge in [-0.05, 0) is 60.9 Å². The highest BCUT2D eigenvalue weighted by Gasteiger charge is 2.27. The van der Waals surface area contributed by atoms with Crippen LogP contribution in [-0.4, -0.2) is 20.4 Å². The molecule has 0 saturated carbocycles. The van der Waals surface area contributed by atoms with Gasteiger partial charge in [-0.25, -0.2) is 8.42 Å². The van der Waals surface area contributed by atoms with E-state index < -0.39 is 22.0 Å². The number of sulfonamides is 1. The van der Waals surface area contributed by atoms with E-state index in [0.29, 0.717) is 10.0 Å². The largest absolute Gasteiger partial charge is 0.348 e. The van der Waals surface area contributed by atoms with Crippen molar-refractivity contribution in [2.45, 2.75) is 30.3 Å². The number of amides is 1. The van der Waals surface area contributed by atoms with Crippen molar-refractivity contribution in [3.05, 3.63) is 100 Å². The van der Waals surface area contributed by atoms with Crippen molar-refractivity contribution in [1.82, 2.24) is 10.0 Å². The SMILES string of the molecule is C[C@H](NC(=O)[C@H](Cc1ccccc1)NS(=O)(=O)c1ccc(Cl)cc1)c1ccc(Cl)cc1. The van der Waals surface area contributed by atoms with Crippen LogP contribution in [0.5, 0.6) is 0 Å². The van der Waals surface area contributed by atoms with E-state index in [1.807, 2.05) is 49.4 Å². The molecule has 0 aliphatic carbocycles. The Bertz CT molecular complexity index is 1120. The first-order chi connectivity index (χ1) is 14.7. The molecule has 31 heavy (non-hydrogen) atoms. The van der Waals surface area contributed by atoms with Gasteiger partial charge in [0.2, 0.25) is 15.9 Å². The Balaban J connectivity index is 1.82. The molecule has 0 aliphatic rings. The normalized spacial score (nSPS) is 13.4. The molecule has 3 aromatic carbocycles. The fourth-order valence-corrected chi connectivity index (χ4v) is 4.50. The molecule has 0 aromatic heterocycles. The van der Waals surface area contributed by atoms with Gasteiger partial charge in [-0.2, -0.15) is 4.72 Å². The van der Waals surface area contributed by atoms with Crippen LogP contribution in [0.3, 0.4) is 0 Å². The highest BCUT2D eigenvalue weighted by Crippen LogP contribution is 2.18. The maximum atomic E-state index is 13.1. The quantitative estimate of drug-likeness (QED) is 0.491. The predicted octanol–water partition coefficient (Wildman–Crippen LogP) is 4.76. The second-order valence-electron chi connectivity index (χ2n) is 7.10. The zero-order valence-corrected chi connectivity index (χ0v) is 19.1. The van der Waals surface area contributed by atoms with E-state index in [1.165, 1.54) is 24.3 Å². The highest BCUT2D eigenvalue weighted by atomic mass is 35.5. The zero-order valence-electron chi connectivity index (χ0n) is 16.8. The molecule has 3 rings (SSSR count). The minimum Gasteiger partial charge on any atom is -0.348 e. The first kappa shape index (κ1) is 23.3. The van der Waals surface area contributed by atoms with E-state index in [9.17, 15) is 13.2 Å². The molecule has 0 aliphatic heterocycles. The van der Waals surface area contributed by atoms with Gasteiger partial charge in [0.05, 0.1) is 10.9 Å². The fourth-order valence-electron chi connectivity index (χ4n) is 3.06. The third kappa shape index (κ3) is 6.55. The molecule has 8 heteroatoms. The summed E-state index contributed by atoms with van der Waals surface area (Å²) in [6, 6.07) is 20.8. The van der Waals surface area contributed by atoms with Crippen LogP contribution in [0.1, 0.15) is 24.1 Å². The number of rotatable bonds is 8. The summed E-state index contributed by atoms with van der Waals surface area (Å²) < 4.78 is 28.3. The van der Waals surface area contributed by atoms with Crippen molar-refractivity contribution in [3.8, 4) is 0 Å². The van der Waals surface area contributed by atoms with Crippen LogP contribution in [0.15, 0.2) is 83.8 Å². The van der Waals surface area contributed by atoms with Crippen LogP contribution >= 0.6 is 23.2 Å². The van der Waals surface area contributed by atoms with E-state index in [4.69, 9.17) is 23.2 Å². The number of halogens is 2. The van der Waals surface area contributed by atoms with Crippen LogP contribution in [0, 0.1) is 0 Å². The molecule has 0 spiro atoms. The van der Waals surface area contributed by atoms with Crippen LogP contribution in [0.25, 0.3) is 0 Å². The molecule has 0 unspecified atom stereocenters. The molecule has 162 valence electrons. The lowest BCUT2D eigenvalue weighted by Crippen LogP contribution is -2.48. The molecule has 3 aromatic rings. The van der Waals surface area contributed by atoms with Gasteiger partial charge in [-0.15, -0.1) is 0 Å². The minimum absolute atomic E-state index is 0.0357. The molecule has 0 radical (unpaired) electrons. The lowest BCUT2D eigenvalue weighted by molar-refractivity contribution is -0.123. The van der Waals surface area contributed by atoms with Crippen LogP contribution in [0.2, 0.25) is 10.0 Å². The Kier molecular flexibility index (Phi) is 7.73. The summed E-state index contributed by atoms with van der Waals surface area (Å²) in [5.74, 6) is -0.427. The monoisotopic (exact) mass is 476 g/mol. The van der Waals surface area contributed by atoms with E-state index in [0.717, 1.165) is 11.1 Å². The first-order valence-electron chi connectivity index (χ1n) is 9.62. The topological polar surface area (TPSA) is 75.3 Å². The number of benzene rings is 3. The summed E-state index contributed by atoms with van der Waals surface area (Å²) in [6.45, 7) is 1.83. The van der Waals surface area contributed by atoms with Gasteiger partial charge >= 0.3 is 0 Å². The summed E-state index contributed by atoms with van der Waals surface area (Å²) in [6.07, 6.45) is 0.201. The average Bonchev–Trinajstić information content (AvgIpc) is 2.74. The highest BCUT2D eigenvalue weighted by molar-refractivity contribution is 7.89. The number of hydrogen-bond donors (Lipinski definition) is 2. The summed E-state index contributed by atoms with van der Waals surface area (Å²) in [4.78, 5) is 13.1. The van der Waals surface area contributed by atoms with Gasteiger partial charge in [-0.1, -0.05) is 65.7 Å². The molecule has 0 fully saturated rings. The Morgan fingerprint density at radius 1 is 0.871 bits per heavy atom. The average molecular weight is 477 g/mol. The number of carbonyl (C=O) groups excluding carboxylic acids is 1. The maximum Gasteiger partial charge on any atom is 0.241 e. The third-order valence-electron chi connectivity index (χ3n) is 4.75. The Morgan fingerprint density at radius 2 is 1.42 bits per heavy atom. The lowest BCUT2D eigenvalue weighted by Gasteiger charge is -2.22. The smallest absolute Gasteiger partial charge is 0.241 e. The van der Waals surface area contributed by atoms with E-state index in [-0.39, 0.29) is 17.4 Å². The summed E-state index contributed by atoms with van der Waals surface area (Å²) in [7, 11) is -3.93. The van der Waals surface area contributed by atoms with Crippen molar-refractivity contribution in [2.24, 2.45) is 0 Å². The van der Waals surface area contributed by atoms with Crippen molar-refractivity contribution in [2.75, 3.05) is 0 Å². The summed E-state index contributed by atoms with van der Waals surface area (Å²) >= 11 is 11.8. The number of nitrogens with one attached hydrogen (secondary N) is 2. The standard InChI is InChI=1S/C23H22Cl2N2O3S/c1-16(18-7-9-19(24)10-8-18)26-23(28)22(15-17-5-3-2-4-6-17)27-31(29,30)21-13-11-20(25)12-14-21/h2-14,16,22,27H,15H2,1H3,(H,26,28)/t16-,22-/m0/s1. The molecule has 0 saturated heterocycles. The Hall–Kier alpha value is -2.38. The van der Waals surface area contributed by atoms with Crippen molar-refractivity contribution in [1.29, 1.82) is 0 Å². The molecule has 1 amide bonds. The molecular weight excluding hydrogens is 455 g/mol. The van der Waals surface area contributed by atoms with Crippen LogP contribution in [0.4, 0.5) is 0 Å². The van der Waals surface area contributed by atoms with Gasteiger partial charge in [0, 0.05) is 10.0 Å². The van der Waals surface area contributed by atoms with Crippen LogP contribution < -0.4 is 10.0 Å². The maximum absolute atomic E-state index is 13.1. The second-order valence-corrected chi connectivity index (χ2v) is 9.69. The first-order valence-corrected chi connectivity index (χ1v) is 11.9. The summed E-state index contributed by atoms with van der Waals surface area (Å²) in [5, 5.41) is 3.91. The molecule has 5 nitrogen and oxygen atoms in total. The molecule has 0 heterocycles. The Morgan fingerprint density at radius 3 is 2.00 bits per heavy atom. The van der Waals surface area contributed by atoms with Gasteiger partial charge in [-0.3, -0.25) is 4.79 Å². The van der Waals surface area contributed by atoms with Crippen molar-refractivity contribution in [3.63, 3.8) is 0 Å². The molecule has 0 bridgehead atoms. The lowest BCUT2D eigenvalue weighted by atomic mass is 10.0. The molecule has 2 N–H and O–H groups in total. The van der Waals surface area contributed by atoms with Gasteiger partial charge in [0.25, 0.3) is 0 Å². The predicted molar refractivity (Wildman–Crippen MR) is 124 cm³/mol. The van der Waals surface area contributed by atoms with Gasteiger partial charge < -0.3 is 5.32 Å². The van der Waals surface area contributed by atoms with Crippen LogP contribution in [-0.2, 0) is 21.2 Å². The van der Waals surface area contributed by atoms with E-state index >= 15 is 0 Å². The van der Waals surface area contributed by atoms with Crippen molar-refractivity contribution >= 4 is 39.1 Å². The van der Waals surface area contributed by atoms with Crippen molar-refractivity contribution < 1.29 is 13.2 Å². The van der Waals surface area contributed by atoms with Gasteiger partial charge in [0.1, 0.15) is 6.04 Å². The van der Waals surface area contributed by atoms with Gasteiger partial charge in [0.15, 0.2) is 0 Å². The molecular formula is C23H22Cl2N2O3S. The Labute approximate surface area is 192 Å². The molecule has 2 atom stereocenters. The number of hydrogen-bond acceptors (Lipinski definition) is 3. The third-order valence-corrected chi connectivity index (χ3v) is 6.74. The summed E-state index contributed by atoms with van der Waals surface area (Å²) in [5.41, 5.74) is 1.69.